The highest BCUT2D eigenvalue weighted by molar-refractivity contribution is 9.10. The van der Waals surface area contributed by atoms with E-state index >= 15 is 0 Å². The number of halogens is 1. The summed E-state index contributed by atoms with van der Waals surface area (Å²) in [6.07, 6.45) is 0. The van der Waals surface area contributed by atoms with Crippen molar-refractivity contribution in [2.45, 2.75) is 13.8 Å². The summed E-state index contributed by atoms with van der Waals surface area (Å²) in [5.41, 5.74) is 8.74. The summed E-state index contributed by atoms with van der Waals surface area (Å²) in [7, 11) is 0. The number of anilines is 2. The van der Waals surface area contributed by atoms with E-state index in [9.17, 15) is 9.90 Å². The van der Waals surface area contributed by atoms with Crippen LogP contribution in [0.5, 0.6) is 5.75 Å². The molecule has 0 radical (unpaired) electrons. The fraction of sp³-hybridized carbons (Fsp3) is 0.133. The Balaban J connectivity index is 2.36. The molecule has 0 atom stereocenters. The third-order valence-corrected chi connectivity index (χ3v) is 3.61. The van der Waals surface area contributed by atoms with Gasteiger partial charge in [0.1, 0.15) is 5.75 Å². The first-order valence-corrected chi connectivity index (χ1v) is 6.85. The monoisotopic (exact) mass is 334 g/mol. The quantitative estimate of drug-likeness (QED) is 0.734. The number of amides is 1. The Morgan fingerprint density at radius 2 is 2.00 bits per heavy atom. The molecule has 0 bridgehead atoms. The second kappa shape index (κ2) is 5.54. The van der Waals surface area contributed by atoms with Gasteiger partial charge in [-0.1, -0.05) is 12.1 Å². The van der Waals surface area contributed by atoms with Gasteiger partial charge >= 0.3 is 0 Å². The molecule has 0 aliphatic rings. The maximum atomic E-state index is 12.2. The highest BCUT2D eigenvalue weighted by Gasteiger charge is 2.15. The normalized spacial score (nSPS) is 10.3. The van der Waals surface area contributed by atoms with E-state index < -0.39 is 5.91 Å². The number of hydrogen-bond donors (Lipinski definition) is 3. The first-order chi connectivity index (χ1) is 9.40. The number of aromatic hydroxyl groups is 1. The summed E-state index contributed by atoms with van der Waals surface area (Å²) >= 11 is 3.37. The fourth-order valence-electron chi connectivity index (χ4n) is 1.92. The number of phenols is 1. The topological polar surface area (TPSA) is 75.3 Å². The minimum absolute atomic E-state index is 0.0215. The van der Waals surface area contributed by atoms with Gasteiger partial charge in [-0.2, -0.15) is 0 Å². The maximum absolute atomic E-state index is 12.2. The van der Waals surface area contributed by atoms with E-state index in [1.807, 2.05) is 13.0 Å². The fourth-order valence-corrected chi connectivity index (χ4v) is 2.61. The third kappa shape index (κ3) is 2.77. The van der Waals surface area contributed by atoms with Crippen LogP contribution in [-0.4, -0.2) is 11.0 Å². The number of benzene rings is 2. The van der Waals surface area contributed by atoms with E-state index in [0.717, 1.165) is 5.56 Å². The number of para-hydroxylation sites is 1. The summed E-state index contributed by atoms with van der Waals surface area (Å²) in [4.78, 5) is 12.2. The van der Waals surface area contributed by atoms with Gasteiger partial charge in [-0.3, -0.25) is 4.79 Å². The molecule has 104 valence electrons. The molecule has 0 spiro atoms. The molecule has 5 heteroatoms. The lowest BCUT2D eigenvalue weighted by atomic mass is 10.1. The molecule has 0 fully saturated rings. The SMILES string of the molecule is Cc1cc(N)c(NC(=O)c2cccc(C)c2O)c(Br)c1. The van der Waals surface area contributed by atoms with E-state index in [1.165, 1.54) is 0 Å². The standard InChI is InChI=1S/C15H15BrN2O2/c1-8-6-11(16)13(12(17)7-8)18-15(20)10-5-3-4-9(2)14(10)19/h3-7,19H,17H2,1-2H3,(H,18,20). The Labute approximate surface area is 125 Å². The molecule has 0 saturated heterocycles. The zero-order valence-electron chi connectivity index (χ0n) is 11.2. The number of carbonyl (C=O) groups is 1. The van der Waals surface area contributed by atoms with E-state index in [0.29, 0.717) is 21.4 Å². The number of rotatable bonds is 2. The molecule has 1 amide bonds. The lowest BCUT2D eigenvalue weighted by Gasteiger charge is -2.12. The molecular weight excluding hydrogens is 320 g/mol. The Morgan fingerprint density at radius 3 is 2.65 bits per heavy atom. The average molecular weight is 335 g/mol. The second-order valence-electron chi connectivity index (χ2n) is 4.64. The molecule has 0 unspecified atom stereocenters. The van der Waals surface area contributed by atoms with Crippen LogP contribution in [0.4, 0.5) is 11.4 Å². The smallest absolute Gasteiger partial charge is 0.259 e. The lowest BCUT2D eigenvalue weighted by molar-refractivity contribution is 0.102. The predicted octanol–water partition coefficient (Wildman–Crippen LogP) is 3.61. The van der Waals surface area contributed by atoms with Crippen LogP contribution in [0.3, 0.4) is 0 Å². The minimum Gasteiger partial charge on any atom is -0.507 e. The summed E-state index contributed by atoms with van der Waals surface area (Å²) in [5, 5.41) is 12.6. The van der Waals surface area contributed by atoms with Crippen molar-refractivity contribution in [3.8, 4) is 5.75 Å². The second-order valence-corrected chi connectivity index (χ2v) is 5.49. The molecular formula is C15H15BrN2O2. The molecule has 4 N–H and O–H groups in total. The Bertz CT molecular complexity index is 661. The van der Waals surface area contributed by atoms with Crippen molar-refractivity contribution in [2.24, 2.45) is 0 Å². The van der Waals surface area contributed by atoms with E-state index in [-0.39, 0.29) is 11.3 Å². The Hall–Kier alpha value is -2.01. The highest BCUT2D eigenvalue weighted by atomic mass is 79.9. The van der Waals surface area contributed by atoms with Gasteiger partial charge in [0.05, 0.1) is 16.9 Å². The molecule has 0 aliphatic heterocycles. The van der Waals surface area contributed by atoms with Gasteiger partial charge in [-0.05, 0) is 59.1 Å². The molecule has 0 aliphatic carbocycles. The number of phenolic OH excluding ortho intramolecular Hbond substituents is 1. The van der Waals surface area contributed by atoms with Crippen molar-refractivity contribution in [2.75, 3.05) is 11.1 Å². The van der Waals surface area contributed by atoms with Crippen LogP contribution in [-0.2, 0) is 0 Å². The molecule has 4 nitrogen and oxygen atoms in total. The number of aryl methyl sites for hydroxylation is 2. The maximum Gasteiger partial charge on any atom is 0.259 e. The summed E-state index contributed by atoms with van der Waals surface area (Å²) < 4.78 is 0.704. The van der Waals surface area contributed by atoms with Crippen molar-refractivity contribution in [3.63, 3.8) is 0 Å². The van der Waals surface area contributed by atoms with Gasteiger partial charge in [0.15, 0.2) is 0 Å². The molecule has 2 aromatic carbocycles. The van der Waals surface area contributed by atoms with Crippen LogP contribution in [0.25, 0.3) is 0 Å². The Morgan fingerprint density at radius 1 is 1.30 bits per heavy atom. The van der Waals surface area contributed by atoms with Crippen LogP contribution < -0.4 is 11.1 Å². The van der Waals surface area contributed by atoms with E-state index in [2.05, 4.69) is 21.2 Å². The predicted molar refractivity (Wildman–Crippen MR) is 84.1 cm³/mol. The minimum atomic E-state index is -0.401. The Kier molecular flexibility index (Phi) is 3.99. The summed E-state index contributed by atoms with van der Waals surface area (Å²) in [6.45, 7) is 3.65. The first kappa shape index (κ1) is 14.4. The number of hydrogen-bond acceptors (Lipinski definition) is 3. The van der Waals surface area contributed by atoms with Crippen LogP contribution in [0, 0.1) is 13.8 Å². The van der Waals surface area contributed by atoms with Gasteiger partial charge in [0, 0.05) is 4.47 Å². The van der Waals surface area contributed by atoms with Crippen LogP contribution in [0.1, 0.15) is 21.5 Å². The van der Waals surface area contributed by atoms with E-state index in [1.54, 1.807) is 31.2 Å². The summed E-state index contributed by atoms with van der Waals surface area (Å²) in [6, 6.07) is 8.66. The molecule has 0 aromatic heterocycles. The van der Waals surface area contributed by atoms with Crippen molar-refractivity contribution in [1.29, 1.82) is 0 Å². The van der Waals surface area contributed by atoms with Crippen molar-refractivity contribution >= 4 is 33.2 Å². The van der Waals surface area contributed by atoms with E-state index in [4.69, 9.17) is 5.73 Å². The largest absolute Gasteiger partial charge is 0.507 e. The third-order valence-electron chi connectivity index (χ3n) is 2.99. The molecule has 2 aromatic rings. The van der Waals surface area contributed by atoms with Crippen molar-refractivity contribution in [1.82, 2.24) is 0 Å². The number of nitrogen functional groups attached to an aromatic ring is 1. The first-order valence-electron chi connectivity index (χ1n) is 6.05. The van der Waals surface area contributed by atoms with Crippen molar-refractivity contribution < 1.29 is 9.90 Å². The average Bonchev–Trinajstić information content (AvgIpc) is 2.36. The van der Waals surface area contributed by atoms with Gasteiger partial charge in [0.2, 0.25) is 0 Å². The molecule has 0 saturated carbocycles. The van der Waals surface area contributed by atoms with Crippen LogP contribution in [0.15, 0.2) is 34.8 Å². The number of nitrogens with one attached hydrogen (secondary N) is 1. The zero-order chi connectivity index (χ0) is 14.9. The van der Waals surface area contributed by atoms with Gasteiger partial charge in [-0.15, -0.1) is 0 Å². The number of nitrogens with two attached hydrogens (primary N) is 1. The van der Waals surface area contributed by atoms with Gasteiger partial charge < -0.3 is 16.2 Å². The molecule has 2 rings (SSSR count). The van der Waals surface area contributed by atoms with Crippen molar-refractivity contribution in [3.05, 3.63) is 51.5 Å². The molecule has 20 heavy (non-hydrogen) atoms. The van der Waals surface area contributed by atoms with Crippen LogP contribution in [0.2, 0.25) is 0 Å². The molecule has 0 heterocycles. The summed E-state index contributed by atoms with van der Waals surface area (Å²) in [5.74, 6) is -0.422. The number of carbonyl (C=O) groups excluding carboxylic acids is 1. The lowest BCUT2D eigenvalue weighted by Crippen LogP contribution is -2.14. The van der Waals surface area contributed by atoms with Gasteiger partial charge in [0.25, 0.3) is 5.91 Å². The van der Waals surface area contributed by atoms with Crippen LogP contribution >= 0.6 is 15.9 Å². The van der Waals surface area contributed by atoms with Gasteiger partial charge in [-0.25, -0.2) is 0 Å². The highest BCUT2D eigenvalue weighted by Crippen LogP contribution is 2.31. The zero-order valence-corrected chi connectivity index (χ0v) is 12.8.